The van der Waals surface area contributed by atoms with Crippen LogP contribution in [0.5, 0.6) is 12.0 Å². The second-order valence-corrected chi connectivity index (χ2v) is 6.03. The van der Waals surface area contributed by atoms with E-state index in [1.54, 1.807) is 12.1 Å². The number of nitrogens with one attached hydrogen (secondary N) is 2. The summed E-state index contributed by atoms with van der Waals surface area (Å²) in [5, 5.41) is 4.39. The average molecular weight is 490 g/mol. The Morgan fingerprint density at radius 3 is 1.79 bits per heavy atom. The number of halogens is 7. The molecule has 0 aliphatic rings. The molecule has 15 heteroatoms. The summed E-state index contributed by atoms with van der Waals surface area (Å²) in [5.74, 6) is -0.691. The highest BCUT2D eigenvalue weighted by molar-refractivity contribution is 9.10. The van der Waals surface area contributed by atoms with Crippen LogP contribution in [0, 0.1) is 0 Å². The molecule has 2 amide bonds. The van der Waals surface area contributed by atoms with E-state index in [0.29, 0.717) is 5.69 Å². The number of hydrogen-bond donors (Lipinski definition) is 2. The summed E-state index contributed by atoms with van der Waals surface area (Å²) < 4.78 is 82.9. The molecule has 1 aromatic heterocycles. The zero-order valence-electron chi connectivity index (χ0n) is 13.9. The molecular weight excluding hydrogens is 480 g/mol. The molecule has 158 valence electrons. The highest BCUT2D eigenvalue weighted by Gasteiger charge is 2.31. The van der Waals surface area contributed by atoms with Crippen LogP contribution in [0.3, 0.4) is 0 Å². The molecule has 0 fully saturated rings. The van der Waals surface area contributed by atoms with Gasteiger partial charge in [-0.15, -0.1) is 4.98 Å². The van der Waals surface area contributed by atoms with Crippen LogP contribution in [0.15, 0.2) is 28.7 Å². The summed E-state index contributed by atoms with van der Waals surface area (Å²) in [6.45, 7) is -3.64. The Kier molecular flexibility index (Phi) is 7.05. The molecule has 2 rings (SSSR count). The number of hydrogen-bond acceptors (Lipinski definition) is 6. The number of urea groups is 1. The molecule has 29 heavy (non-hydrogen) atoms. The fourth-order valence-corrected chi connectivity index (χ4v) is 1.88. The van der Waals surface area contributed by atoms with Gasteiger partial charge in [0.25, 0.3) is 0 Å². The molecule has 0 spiro atoms. The van der Waals surface area contributed by atoms with Crippen molar-refractivity contribution < 1.29 is 40.6 Å². The standard InChI is InChI=1S/C14H10BrF6N5O3/c15-7-1-3-8(4-2-7)22-10(27)23-9-24-11(28-5-13(16,17)18)26-12(25-9)29-6-14(19,20)21/h1-4H,5-6H2,(H2,22,23,24,25,26,27). The number of carbonyl (C=O) groups is 1. The molecule has 2 aromatic rings. The van der Waals surface area contributed by atoms with Crippen LogP contribution >= 0.6 is 15.9 Å². The summed E-state index contributed by atoms with van der Waals surface area (Å²) in [4.78, 5) is 21.9. The quantitative estimate of drug-likeness (QED) is 0.591. The maximum atomic E-state index is 12.3. The number of anilines is 2. The fraction of sp³-hybridized carbons (Fsp3) is 0.286. The first-order valence-corrected chi connectivity index (χ1v) is 8.18. The zero-order chi connectivity index (χ0) is 21.7. The Bertz CT molecular complexity index is 811. The third-order valence-electron chi connectivity index (χ3n) is 2.65. The van der Waals surface area contributed by atoms with Crippen molar-refractivity contribution in [1.29, 1.82) is 0 Å². The molecule has 1 heterocycles. The molecule has 8 nitrogen and oxygen atoms in total. The van der Waals surface area contributed by atoms with Crippen LogP contribution in [0.25, 0.3) is 0 Å². The second-order valence-electron chi connectivity index (χ2n) is 5.12. The highest BCUT2D eigenvalue weighted by Crippen LogP contribution is 2.21. The highest BCUT2D eigenvalue weighted by atomic mass is 79.9. The lowest BCUT2D eigenvalue weighted by Gasteiger charge is -2.12. The van der Waals surface area contributed by atoms with Crippen molar-refractivity contribution >= 4 is 33.6 Å². The van der Waals surface area contributed by atoms with Gasteiger partial charge in [-0.25, -0.2) is 4.79 Å². The van der Waals surface area contributed by atoms with Gasteiger partial charge >= 0.3 is 30.4 Å². The molecule has 0 unspecified atom stereocenters. The van der Waals surface area contributed by atoms with Crippen molar-refractivity contribution in [2.24, 2.45) is 0 Å². The number of nitrogens with zero attached hydrogens (tertiary/aromatic N) is 3. The minimum absolute atomic E-state index is 0.335. The summed E-state index contributed by atoms with van der Waals surface area (Å²) in [7, 11) is 0. The van der Waals surface area contributed by atoms with Crippen LogP contribution in [-0.4, -0.2) is 46.5 Å². The number of ether oxygens (including phenoxy) is 2. The van der Waals surface area contributed by atoms with Crippen molar-refractivity contribution in [3.63, 3.8) is 0 Å². The predicted molar refractivity (Wildman–Crippen MR) is 89.7 cm³/mol. The smallest absolute Gasteiger partial charge is 0.422 e. The van der Waals surface area contributed by atoms with Gasteiger partial charge in [0.2, 0.25) is 5.95 Å². The van der Waals surface area contributed by atoms with Crippen molar-refractivity contribution in [3.8, 4) is 12.0 Å². The van der Waals surface area contributed by atoms with E-state index in [1.807, 2.05) is 5.32 Å². The molecule has 2 N–H and O–H groups in total. The van der Waals surface area contributed by atoms with Gasteiger partial charge in [0, 0.05) is 10.2 Å². The maximum Gasteiger partial charge on any atom is 0.422 e. The lowest BCUT2D eigenvalue weighted by Crippen LogP contribution is -2.24. The van der Waals surface area contributed by atoms with Crippen LogP contribution in [0.1, 0.15) is 0 Å². The predicted octanol–water partition coefficient (Wildman–Crippen LogP) is 4.16. The van der Waals surface area contributed by atoms with Gasteiger partial charge < -0.3 is 14.8 Å². The van der Waals surface area contributed by atoms with Crippen molar-refractivity contribution in [2.45, 2.75) is 12.4 Å². The van der Waals surface area contributed by atoms with Crippen LogP contribution in [-0.2, 0) is 0 Å². The van der Waals surface area contributed by atoms with Crippen molar-refractivity contribution in [3.05, 3.63) is 28.7 Å². The zero-order valence-corrected chi connectivity index (χ0v) is 15.5. The number of carbonyl (C=O) groups excluding carboxylic acids is 1. The molecule has 1 aromatic carbocycles. The Morgan fingerprint density at radius 2 is 1.34 bits per heavy atom. The van der Waals surface area contributed by atoms with Gasteiger partial charge in [-0.05, 0) is 24.3 Å². The number of alkyl halides is 6. The Labute approximate surface area is 166 Å². The summed E-state index contributed by atoms with van der Waals surface area (Å²) in [6.07, 6.45) is -9.52. The summed E-state index contributed by atoms with van der Waals surface area (Å²) >= 11 is 3.20. The largest absolute Gasteiger partial charge is 0.454 e. The van der Waals surface area contributed by atoms with Gasteiger partial charge in [0.1, 0.15) is 0 Å². The van der Waals surface area contributed by atoms with Crippen LogP contribution in [0.4, 0.5) is 42.8 Å². The number of amides is 2. The van der Waals surface area contributed by atoms with Gasteiger partial charge in [-0.2, -0.15) is 36.3 Å². The summed E-state index contributed by atoms with van der Waals surface area (Å²) in [5.41, 5.74) is 0.335. The average Bonchev–Trinajstić information content (AvgIpc) is 2.59. The minimum Gasteiger partial charge on any atom is -0.454 e. The molecule has 0 aliphatic heterocycles. The first-order valence-electron chi connectivity index (χ1n) is 7.38. The minimum atomic E-state index is -4.76. The lowest BCUT2D eigenvalue weighted by molar-refractivity contribution is -0.156. The molecule has 0 saturated carbocycles. The SMILES string of the molecule is O=C(Nc1ccc(Br)cc1)Nc1nc(OCC(F)(F)F)nc(OCC(F)(F)F)n1. The topological polar surface area (TPSA) is 98.3 Å². The summed E-state index contributed by atoms with van der Waals surface area (Å²) in [6, 6.07) is 3.36. The third kappa shape index (κ3) is 8.80. The van der Waals surface area contributed by atoms with Crippen LogP contribution < -0.4 is 20.1 Å². The van der Waals surface area contributed by atoms with E-state index >= 15 is 0 Å². The van der Waals surface area contributed by atoms with Gasteiger partial charge in [0.05, 0.1) is 0 Å². The lowest BCUT2D eigenvalue weighted by atomic mass is 10.3. The van der Waals surface area contributed by atoms with E-state index in [1.165, 1.54) is 12.1 Å². The van der Waals surface area contributed by atoms with Crippen LogP contribution in [0.2, 0.25) is 0 Å². The Balaban J connectivity index is 2.14. The maximum absolute atomic E-state index is 12.3. The van der Waals surface area contributed by atoms with E-state index in [9.17, 15) is 31.1 Å². The first-order chi connectivity index (χ1) is 13.4. The normalized spacial score (nSPS) is 11.7. The monoisotopic (exact) mass is 489 g/mol. The molecule has 0 bridgehead atoms. The number of aromatic nitrogens is 3. The molecule has 0 atom stereocenters. The molecule has 0 saturated heterocycles. The van der Waals surface area contributed by atoms with E-state index in [-0.39, 0.29) is 0 Å². The van der Waals surface area contributed by atoms with Gasteiger partial charge in [-0.1, -0.05) is 15.9 Å². The molecule has 0 aliphatic carbocycles. The third-order valence-corrected chi connectivity index (χ3v) is 3.18. The number of benzene rings is 1. The Hall–Kier alpha value is -2.84. The van der Waals surface area contributed by atoms with Gasteiger partial charge in [-0.3, -0.25) is 5.32 Å². The molecular formula is C14H10BrF6N5O3. The van der Waals surface area contributed by atoms with Crippen molar-refractivity contribution in [2.75, 3.05) is 23.8 Å². The first kappa shape index (κ1) is 22.4. The number of rotatable bonds is 6. The van der Waals surface area contributed by atoms with E-state index in [4.69, 9.17) is 0 Å². The van der Waals surface area contributed by atoms with Crippen molar-refractivity contribution in [1.82, 2.24) is 15.0 Å². The van der Waals surface area contributed by atoms with E-state index in [0.717, 1.165) is 4.47 Å². The Morgan fingerprint density at radius 1 is 0.862 bits per heavy atom. The second kappa shape index (κ2) is 9.11. The molecule has 0 radical (unpaired) electrons. The van der Waals surface area contributed by atoms with E-state index in [2.05, 4.69) is 45.7 Å². The van der Waals surface area contributed by atoms with Gasteiger partial charge in [0.15, 0.2) is 13.2 Å². The fourth-order valence-electron chi connectivity index (χ4n) is 1.61. The van der Waals surface area contributed by atoms with E-state index < -0.39 is 49.6 Å².